The van der Waals surface area contributed by atoms with Gasteiger partial charge >= 0.3 is 0 Å². The fraction of sp³-hybridized carbons (Fsp3) is 0.462. The lowest BCUT2D eigenvalue weighted by Crippen LogP contribution is -2.30. The first kappa shape index (κ1) is 14.6. The molecule has 0 aromatic heterocycles. The third kappa shape index (κ3) is 2.85. The van der Waals surface area contributed by atoms with Crippen LogP contribution in [0.3, 0.4) is 0 Å². The van der Waals surface area contributed by atoms with Crippen molar-refractivity contribution in [2.75, 3.05) is 25.1 Å². The molecular formula is C13H15ClN2O4. The minimum absolute atomic E-state index is 0.0154. The summed E-state index contributed by atoms with van der Waals surface area (Å²) in [5.41, 5.74) is 0.381. The molecule has 0 radical (unpaired) electrons. The van der Waals surface area contributed by atoms with E-state index in [1.165, 1.54) is 19.2 Å². The van der Waals surface area contributed by atoms with E-state index in [-0.39, 0.29) is 17.0 Å². The van der Waals surface area contributed by atoms with Crippen LogP contribution in [0.25, 0.3) is 0 Å². The number of halogens is 1. The number of ether oxygens (including phenoxy) is 1. The minimum atomic E-state index is -0.768. The number of nitro groups is 1. The van der Waals surface area contributed by atoms with Gasteiger partial charge in [0.25, 0.3) is 10.9 Å². The van der Waals surface area contributed by atoms with Crippen molar-refractivity contribution in [1.82, 2.24) is 0 Å². The Hall–Kier alpha value is -1.82. The number of anilines is 1. The van der Waals surface area contributed by atoms with Crippen LogP contribution in [0.15, 0.2) is 12.1 Å². The van der Waals surface area contributed by atoms with Crippen molar-refractivity contribution in [2.45, 2.75) is 19.3 Å². The van der Waals surface area contributed by atoms with Crippen molar-refractivity contribution in [2.24, 2.45) is 0 Å². The quantitative estimate of drug-likeness (QED) is 0.485. The van der Waals surface area contributed by atoms with E-state index in [2.05, 4.69) is 0 Å². The molecule has 1 aromatic carbocycles. The summed E-state index contributed by atoms with van der Waals surface area (Å²) in [5, 5.41) is 10.5. The van der Waals surface area contributed by atoms with Crippen LogP contribution in [0, 0.1) is 10.1 Å². The van der Waals surface area contributed by atoms with Crippen LogP contribution in [-0.4, -0.2) is 30.4 Å². The summed E-state index contributed by atoms with van der Waals surface area (Å²) >= 11 is 5.45. The lowest BCUT2D eigenvalue weighted by molar-refractivity contribution is -0.384. The number of carbonyl (C=O) groups excluding carboxylic acids is 1. The zero-order valence-electron chi connectivity index (χ0n) is 11.1. The van der Waals surface area contributed by atoms with E-state index < -0.39 is 10.2 Å². The molecule has 1 aliphatic rings. The molecule has 20 heavy (non-hydrogen) atoms. The Kier molecular flexibility index (Phi) is 4.44. The number of benzene rings is 1. The maximum Gasteiger partial charge on any atom is 0.293 e. The zero-order chi connectivity index (χ0) is 14.7. The number of carbonyl (C=O) groups is 1. The lowest BCUT2D eigenvalue weighted by Gasteiger charge is -2.28. The number of hydrogen-bond acceptors (Lipinski definition) is 5. The van der Waals surface area contributed by atoms with E-state index in [1.54, 1.807) is 0 Å². The van der Waals surface area contributed by atoms with Gasteiger partial charge < -0.3 is 9.64 Å². The molecule has 0 bridgehead atoms. The second-order valence-corrected chi connectivity index (χ2v) is 4.96. The summed E-state index contributed by atoms with van der Waals surface area (Å²) in [7, 11) is 1.41. The number of methoxy groups -OCH3 is 1. The average molecular weight is 299 g/mol. The Balaban J connectivity index is 2.53. The minimum Gasteiger partial charge on any atom is -0.496 e. The smallest absolute Gasteiger partial charge is 0.293 e. The number of hydrogen-bond donors (Lipinski definition) is 0. The molecule has 0 spiro atoms. The van der Waals surface area contributed by atoms with Crippen molar-refractivity contribution < 1.29 is 14.5 Å². The van der Waals surface area contributed by atoms with Gasteiger partial charge in [-0.1, -0.05) is 0 Å². The predicted octanol–water partition coefficient (Wildman–Crippen LogP) is 2.97. The van der Waals surface area contributed by atoms with Gasteiger partial charge in [0.05, 0.1) is 17.6 Å². The topological polar surface area (TPSA) is 72.7 Å². The van der Waals surface area contributed by atoms with Crippen LogP contribution in [0.5, 0.6) is 5.75 Å². The molecule has 0 aliphatic carbocycles. The Bertz CT molecular complexity index is 541. The van der Waals surface area contributed by atoms with Gasteiger partial charge in [0.15, 0.2) is 0 Å². The van der Waals surface area contributed by atoms with Crippen LogP contribution in [0.1, 0.15) is 29.6 Å². The molecule has 0 saturated carbocycles. The van der Waals surface area contributed by atoms with Gasteiger partial charge in [-0.05, 0) is 30.9 Å². The van der Waals surface area contributed by atoms with E-state index in [9.17, 15) is 14.9 Å². The van der Waals surface area contributed by atoms with Crippen LogP contribution >= 0.6 is 11.6 Å². The van der Waals surface area contributed by atoms with Crippen LogP contribution in [-0.2, 0) is 0 Å². The van der Waals surface area contributed by atoms with Crippen LogP contribution < -0.4 is 9.64 Å². The third-order valence-corrected chi connectivity index (χ3v) is 3.61. The van der Waals surface area contributed by atoms with Gasteiger partial charge in [0.2, 0.25) is 0 Å². The SMILES string of the molecule is COc1cc(N2CCCCC2)c([N+](=O)[O-])cc1C(=O)Cl. The summed E-state index contributed by atoms with van der Waals surface area (Å²) in [4.78, 5) is 24.0. The fourth-order valence-electron chi connectivity index (χ4n) is 2.41. The predicted molar refractivity (Wildman–Crippen MR) is 75.9 cm³/mol. The van der Waals surface area contributed by atoms with Crippen molar-refractivity contribution >= 4 is 28.2 Å². The van der Waals surface area contributed by atoms with Gasteiger partial charge in [-0.25, -0.2) is 0 Å². The molecule has 1 saturated heterocycles. The molecule has 1 aliphatic heterocycles. The number of piperidine rings is 1. The molecule has 2 rings (SSSR count). The molecule has 7 heteroatoms. The van der Waals surface area contributed by atoms with E-state index in [1.807, 2.05) is 4.90 Å². The molecule has 108 valence electrons. The van der Waals surface area contributed by atoms with Gasteiger partial charge in [-0.15, -0.1) is 0 Å². The molecule has 6 nitrogen and oxygen atoms in total. The fourth-order valence-corrected chi connectivity index (χ4v) is 2.56. The Morgan fingerprint density at radius 1 is 1.35 bits per heavy atom. The molecular weight excluding hydrogens is 284 g/mol. The summed E-state index contributed by atoms with van der Waals surface area (Å²) in [5.74, 6) is 0.260. The Morgan fingerprint density at radius 2 is 2.00 bits per heavy atom. The van der Waals surface area contributed by atoms with Gasteiger partial charge in [0.1, 0.15) is 11.4 Å². The van der Waals surface area contributed by atoms with Crippen LogP contribution in [0.2, 0.25) is 0 Å². The Labute approximate surface area is 121 Å². The lowest BCUT2D eigenvalue weighted by atomic mass is 10.1. The zero-order valence-corrected chi connectivity index (χ0v) is 11.9. The maximum absolute atomic E-state index is 11.3. The monoisotopic (exact) mass is 298 g/mol. The third-order valence-electron chi connectivity index (χ3n) is 3.40. The summed E-state index contributed by atoms with van der Waals surface area (Å²) in [6.45, 7) is 1.52. The first-order chi connectivity index (χ1) is 9.54. The molecule has 1 aromatic rings. The van der Waals surface area contributed by atoms with E-state index in [4.69, 9.17) is 16.3 Å². The summed E-state index contributed by atoms with van der Waals surface area (Å²) < 4.78 is 5.12. The number of rotatable bonds is 4. The van der Waals surface area contributed by atoms with Crippen molar-refractivity contribution in [1.29, 1.82) is 0 Å². The first-order valence-corrected chi connectivity index (χ1v) is 6.73. The molecule has 1 heterocycles. The molecule has 0 atom stereocenters. The largest absolute Gasteiger partial charge is 0.496 e. The highest BCUT2D eigenvalue weighted by Crippen LogP contribution is 2.37. The second kappa shape index (κ2) is 6.09. The normalized spacial score (nSPS) is 15.0. The van der Waals surface area contributed by atoms with Crippen LogP contribution in [0.4, 0.5) is 11.4 Å². The highest BCUT2D eigenvalue weighted by Gasteiger charge is 2.26. The number of nitro benzene ring substituents is 1. The number of nitrogens with zero attached hydrogens (tertiary/aromatic N) is 2. The second-order valence-electron chi connectivity index (χ2n) is 4.62. The molecule has 1 fully saturated rings. The van der Waals surface area contributed by atoms with Crippen molar-refractivity contribution in [3.8, 4) is 5.75 Å². The van der Waals surface area contributed by atoms with E-state index >= 15 is 0 Å². The summed E-state index contributed by atoms with van der Waals surface area (Å²) in [6.07, 6.45) is 3.12. The van der Waals surface area contributed by atoms with E-state index in [0.29, 0.717) is 5.69 Å². The molecule has 0 amide bonds. The van der Waals surface area contributed by atoms with Crippen molar-refractivity contribution in [3.63, 3.8) is 0 Å². The highest BCUT2D eigenvalue weighted by atomic mass is 35.5. The molecule has 0 N–H and O–H groups in total. The van der Waals surface area contributed by atoms with E-state index in [0.717, 1.165) is 32.4 Å². The maximum atomic E-state index is 11.3. The van der Waals surface area contributed by atoms with Gasteiger partial charge in [0, 0.05) is 25.2 Å². The first-order valence-electron chi connectivity index (χ1n) is 6.35. The Morgan fingerprint density at radius 3 is 2.50 bits per heavy atom. The summed E-state index contributed by atoms with van der Waals surface area (Å²) in [6, 6.07) is 2.72. The van der Waals surface area contributed by atoms with Gasteiger partial charge in [-0.3, -0.25) is 14.9 Å². The highest BCUT2D eigenvalue weighted by molar-refractivity contribution is 6.68. The molecule has 0 unspecified atom stereocenters. The van der Waals surface area contributed by atoms with Gasteiger partial charge in [-0.2, -0.15) is 0 Å². The average Bonchev–Trinajstić information content (AvgIpc) is 2.46. The standard InChI is InChI=1S/C13H15ClN2O4/c1-20-12-8-10(15-5-3-2-4-6-15)11(16(18)19)7-9(12)13(14)17/h7-8H,2-6H2,1H3. The van der Waals surface area contributed by atoms with Crippen molar-refractivity contribution in [3.05, 3.63) is 27.8 Å².